The Kier molecular flexibility index (Phi) is 4.43. The van der Waals surface area contributed by atoms with Crippen molar-refractivity contribution in [2.75, 3.05) is 54.0 Å². The van der Waals surface area contributed by atoms with Crippen molar-refractivity contribution < 1.29 is 0 Å². The fraction of sp³-hybridized carbons (Fsp3) is 0.429. The SMILES string of the molecule is Cc1cnc(N2CCN(c3ccc4ncnc(N5CCCC5)c4c3)CC2)cn1. The van der Waals surface area contributed by atoms with E-state index in [0.29, 0.717) is 0 Å². The van der Waals surface area contributed by atoms with E-state index in [2.05, 4.69) is 52.8 Å². The van der Waals surface area contributed by atoms with Crippen LogP contribution in [0.4, 0.5) is 17.3 Å². The molecule has 4 heterocycles. The molecule has 0 aliphatic carbocycles. The molecule has 2 fully saturated rings. The lowest BCUT2D eigenvalue weighted by Crippen LogP contribution is -2.46. The molecule has 2 aromatic heterocycles. The van der Waals surface area contributed by atoms with Gasteiger partial charge in [0.25, 0.3) is 0 Å². The van der Waals surface area contributed by atoms with E-state index in [0.717, 1.165) is 67.5 Å². The molecule has 3 aromatic rings. The van der Waals surface area contributed by atoms with Crippen LogP contribution in [0, 0.1) is 6.92 Å². The van der Waals surface area contributed by atoms with Crippen molar-refractivity contribution in [3.8, 4) is 0 Å². The highest BCUT2D eigenvalue weighted by molar-refractivity contribution is 5.92. The van der Waals surface area contributed by atoms with Gasteiger partial charge in [0.15, 0.2) is 0 Å². The normalized spacial score (nSPS) is 17.5. The fourth-order valence-electron chi connectivity index (χ4n) is 4.15. The summed E-state index contributed by atoms with van der Waals surface area (Å²) in [5.74, 6) is 2.05. The number of piperazine rings is 1. The molecule has 5 rings (SSSR count). The first-order valence-electron chi connectivity index (χ1n) is 10.1. The Labute approximate surface area is 165 Å². The molecule has 2 saturated heterocycles. The third-order valence-corrected chi connectivity index (χ3v) is 5.74. The quantitative estimate of drug-likeness (QED) is 0.697. The van der Waals surface area contributed by atoms with Crippen LogP contribution in [-0.4, -0.2) is 59.2 Å². The fourth-order valence-corrected chi connectivity index (χ4v) is 4.15. The molecule has 0 N–H and O–H groups in total. The minimum Gasteiger partial charge on any atom is -0.368 e. The Morgan fingerprint density at radius 1 is 0.750 bits per heavy atom. The summed E-state index contributed by atoms with van der Waals surface area (Å²) in [6, 6.07) is 6.58. The number of benzene rings is 1. The molecule has 0 radical (unpaired) electrons. The lowest BCUT2D eigenvalue weighted by atomic mass is 10.1. The first-order valence-corrected chi connectivity index (χ1v) is 10.1. The van der Waals surface area contributed by atoms with Gasteiger partial charge in [-0.2, -0.15) is 0 Å². The van der Waals surface area contributed by atoms with Crippen molar-refractivity contribution in [3.05, 3.63) is 42.6 Å². The van der Waals surface area contributed by atoms with Crippen molar-refractivity contribution in [3.63, 3.8) is 0 Å². The molecule has 1 aromatic carbocycles. The summed E-state index contributed by atoms with van der Waals surface area (Å²) in [5, 5.41) is 1.16. The van der Waals surface area contributed by atoms with Crippen LogP contribution in [0.3, 0.4) is 0 Å². The van der Waals surface area contributed by atoms with Crippen LogP contribution in [0.2, 0.25) is 0 Å². The average Bonchev–Trinajstić information content (AvgIpc) is 3.28. The second-order valence-electron chi connectivity index (χ2n) is 7.58. The van der Waals surface area contributed by atoms with Crippen molar-refractivity contribution in [2.24, 2.45) is 0 Å². The van der Waals surface area contributed by atoms with Crippen LogP contribution in [0.5, 0.6) is 0 Å². The standard InChI is InChI=1S/C21H25N7/c1-16-13-23-20(14-22-16)27-10-8-26(9-11-27)17-4-5-19-18(12-17)21(25-15-24-19)28-6-2-3-7-28/h4-5,12-15H,2-3,6-11H2,1H3. The van der Waals surface area contributed by atoms with Crippen LogP contribution in [0.25, 0.3) is 10.9 Å². The molecule has 0 saturated carbocycles. The van der Waals surface area contributed by atoms with Gasteiger partial charge in [-0.05, 0) is 38.0 Å². The van der Waals surface area contributed by atoms with Crippen LogP contribution in [0.15, 0.2) is 36.9 Å². The monoisotopic (exact) mass is 375 g/mol. The first-order chi connectivity index (χ1) is 13.8. The second kappa shape index (κ2) is 7.22. The number of aryl methyl sites for hydroxylation is 1. The maximum Gasteiger partial charge on any atom is 0.147 e. The van der Waals surface area contributed by atoms with E-state index in [9.17, 15) is 0 Å². The van der Waals surface area contributed by atoms with Gasteiger partial charge in [-0.3, -0.25) is 4.98 Å². The number of rotatable bonds is 3. The summed E-state index contributed by atoms with van der Waals surface area (Å²) in [7, 11) is 0. The molecule has 2 aliphatic rings. The first kappa shape index (κ1) is 17.2. The van der Waals surface area contributed by atoms with Gasteiger partial charge in [-0.1, -0.05) is 0 Å². The summed E-state index contributed by atoms with van der Waals surface area (Å²) in [5.41, 5.74) is 3.22. The largest absolute Gasteiger partial charge is 0.368 e. The molecule has 0 atom stereocenters. The molecule has 144 valence electrons. The van der Waals surface area contributed by atoms with Gasteiger partial charge in [0.05, 0.1) is 23.6 Å². The van der Waals surface area contributed by atoms with Gasteiger partial charge in [-0.25, -0.2) is 15.0 Å². The van der Waals surface area contributed by atoms with E-state index < -0.39 is 0 Å². The second-order valence-corrected chi connectivity index (χ2v) is 7.58. The van der Waals surface area contributed by atoms with Gasteiger partial charge in [0, 0.05) is 50.3 Å². The minimum atomic E-state index is 0.944. The number of aromatic nitrogens is 4. The van der Waals surface area contributed by atoms with Crippen LogP contribution in [0.1, 0.15) is 18.5 Å². The van der Waals surface area contributed by atoms with Gasteiger partial charge < -0.3 is 14.7 Å². The Bertz CT molecular complexity index is 958. The third kappa shape index (κ3) is 3.21. The Balaban J connectivity index is 1.36. The van der Waals surface area contributed by atoms with Gasteiger partial charge in [0.1, 0.15) is 18.0 Å². The van der Waals surface area contributed by atoms with Crippen LogP contribution in [-0.2, 0) is 0 Å². The zero-order valence-electron chi connectivity index (χ0n) is 16.3. The van der Waals surface area contributed by atoms with E-state index in [1.165, 1.54) is 18.5 Å². The molecule has 28 heavy (non-hydrogen) atoms. The zero-order chi connectivity index (χ0) is 18.9. The smallest absolute Gasteiger partial charge is 0.147 e. The summed E-state index contributed by atoms with van der Waals surface area (Å²) >= 11 is 0. The summed E-state index contributed by atoms with van der Waals surface area (Å²) < 4.78 is 0. The van der Waals surface area contributed by atoms with E-state index in [1.807, 2.05) is 19.3 Å². The van der Waals surface area contributed by atoms with Crippen molar-refractivity contribution in [1.82, 2.24) is 19.9 Å². The molecule has 0 bridgehead atoms. The number of hydrogen-bond acceptors (Lipinski definition) is 7. The Hall–Kier alpha value is -2.96. The number of nitrogens with zero attached hydrogens (tertiary/aromatic N) is 7. The summed E-state index contributed by atoms with van der Waals surface area (Å²) in [4.78, 5) is 25.1. The molecule has 0 spiro atoms. The van der Waals surface area contributed by atoms with Crippen LogP contribution >= 0.6 is 0 Å². The highest BCUT2D eigenvalue weighted by atomic mass is 15.3. The Morgan fingerprint density at radius 3 is 2.29 bits per heavy atom. The lowest BCUT2D eigenvalue weighted by Gasteiger charge is -2.36. The highest BCUT2D eigenvalue weighted by Gasteiger charge is 2.21. The molecule has 0 amide bonds. The summed E-state index contributed by atoms with van der Waals surface area (Å²) in [6.45, 7) is 7.97. The highest BCUT2D eigenvalue weighted by Crippen LogP contribution is 2.30. The average molecular weight is 375 g/mol. The molecule has 0 unspecified atom stereocenters. The van der Waals surface area contributed by atoms with E-state index in [4.69, 9.17) is 0 Å². The predicted molar refractivity (Wildman–Crippen MR) is 112 cm³/mol. The maximum absolute atomic E-state index is 4.61. The zero-order valence-corrected chi connectivity index (χ0v) is 16.3. The maximum atomic E-state index is 4.61. The van der Waals surface area contributed by atoms with Gasteiger partial charge in [0.2, 0.25) is 0 Å². The topological polar surface area (TPSA) is 61.3 Å². The number of hydrogen-bond donors (Lipinski definition) is 0. The molecule has 7 nitrogen and oxygen atoms in total. The van der Waals surface area contributed by atoms with Crippen molar-refractivity contribution >= 4 is 28.2 Å². The molecule has 2 aliphatic heterocycles. The molecular formula is C21H25N7. The third-order valence-electron chi connectivity index (χ3n) is 5.74. The predicted octanol–water partition coefficient (Wildman–Crippen LogP) is 2.66. The molecular weight excluding hydrogens is 350 g/mol. The Morgan fingerprint density at radius 2 is 1.54 bits per heavy atom. The van der Waals surface area contributed by atoms with E-state index in [1.54, 1.807) is 6.33 Å². The summed E-state index contributed by atoms with van der Waals surface area (Å²) in [6.07, 6.45) is 7.90. The molecule has 7 heteroatoms. The van der Waals surface area contributed by atoms with Crippen molar-refractivity contribution in [2.45, 2.75) is 19.8 Å². The van der Waals surface area contributed by atoms with E-state index in [-0.39, 0.29) is 0 Å². The lowest BCUT2D eigenvalue weighted by molar-refractivity contribution is 0.646. The number of fused-ring (bicyclic) bond motifs is 1. The van der Waals surface area contributed by atoms with E-state index >= 15 is 0 Å². The minimum absolute atomic E-state index is 0.944. The van der Waals surface area contributed by atoms with Crippen molar-refractivity contribution in [1.29, 1.82) is 0 Å². The number of anilines is 3. The van der Waals surface area contributed by atoms with Gasteiger partial charge in [-0.15, -0.1) is 0 Å². The van der Waals surface area contributed by atoms with Crippen LogP contribution < -0.4 is 14.7 Å². The van der Waals surface area contributed by atoms with Gasteiger partial charge >= 0.3 is 0 Å².